The fourth-order valence-corrected chi connectivity index (χ4v) is 2.61. The molecule has 2 rings (SSSR count). The van der Waals surface area contributed by atoms with Crippen LogP contribution < -0.4 is 4.90 Å². The van der Waals surface area contributed by atoms with Gasteiger partial charge in [0.25, 0.3) is 0 Å². The first-order valence-corrected chi connectivity index (χ1v) is 6.32. The van der Waals surface area contributed by atoms with E-state index in [2.05, 4.69) is 23.0 Å². The lowest BCUT2D eigenvalue weighted by molar-refractivity contribution is 0.520. The molecule has 1 fully saturated rings. The summed E-state index contributed by atoms with van der Waals surface area (Å²) in [5.41, 5.74) is 1.57. The lowest BCUT2D eigenvalue weighted by atomic mass is 10.0. The van der Waals surface area contributed by atoms with Crippen LogP contribution in [-0.2, 0) is 7.05 Å². The average molecular weight is 232 g/mol. The van der Waals surface area contributed by atoms with Crippen LogP contribution in [0.25, 0.3) is 0 Å². The summed E-state index contributed by atoms with van der Waals surface area (Å²) in [6.07, 6.45) is 3.70. The zero-order chi connectivity index (χ0) is 12.4. The fourth-order valence-electron chi connectivity index (χ4n) is 2.61. The molecule has 1 atom stereocenters. The Morgan fingerprint density at radius 2 is 2.12 bits per heavy atom. The number of hydrogen-bond donors (Lipinski definition) is 0. The molecule has 0 amide bonds. The van der Waals surface area contributed by atoms with Crippen LogP contribution in [0.4, 0.5) is 5.82 Å². The second-order valence-electron chi connectivity index (χ2n) is 5.04. The Bertz CT molecular complexity index is 441. The van der Waals surface area contributed by atoms with E-state index in [0.717, 1.165) is 36.1 Å². The number of nitriles is 1. The van der Waals surface area contributed by atoms with Gasteiger partial charge in [0.2, 0.25) is 0 Å². The highest BCUT2D eigenvalue weighted by atomic mass is 15.4. The smallest absolute Gasteiger partial charge is 0.144 e. The van der Waals surface area contributed by atoms with Crippen molar-refractivity contribution in [3.05, 3.63) is 11.3 Å². The summed E-state index contributed by atoms with van der Waals surface area (Å²) < 4.78 is 1.85. The number of rotatable bonds is 1. The zero-order valence-electron chi connectivity index (χ0n) is 10.9. The summed E-state index contributed by atoms with van der Waals surface area (Å²) in [5, 5.41) is 13.6. The van der Waals surface area contributed by atoms with Gasteiger partial charge in [-0.25, -0.2) is 0 Å². The molecule has 0 aliphatic carbocycles. The normalized spacial score (nSPS) is 21.1. The summed E-state index contributed by atoms with van der Waals surface area (Å²) >= 11 is 0. The molecule has 1 saturated heterocycles. The van der Waals surface area contributed by atoms with Crippen molar-refractivity contribution in [2.75, 3.05) is 18.0 Å². The van der Waals surface area contributed by atoms with Gasteiger partial charge in [0.1, 0.15) is 17.5 Å². The zero-order valence-corrected chi connectivity index (χ0v) is 10.9. The summed E-state index contributed by atoms with van der Waals surface area (Å²) in [6, 6.07) is 2.29. The Balaban J connectivity index is 2.30. The highest BCUT2D eigenvalue weighted by Crippen LogP contribution is 2.26. The molecule has 4 heteroatoms. The minimum absolute atomic E-state index is 0.738. The van der Waals surface area contributed by atoms with Crippen LogP contribution in [0.1, 0.15) is 37.4 Å². The van der Waals surface area contributed by atoms with Crippen LogP contribution in [0.5, 0.6) is 0 Å². The highest BCUT2D eigenvalue weighted by molar-refractivity contribution is 5.57. The highest BCUT2D eigenvalue weighted by Gasteiger charge is 2.21. The number of anilines is 1. The molecule has 1 aliphatic heterocycles. The Kier molecular flexibility index (Phi) is 3.37. The molecule has 0 spiro atoms. The van der Waals surface area contributed by atoms with Gasteiger partial charge >= 0.3 is 0 Å². The molecule has 92 valence electrons. The van der Waals surface area contributed by atoms with E-state index < -0.39 is 0 Å². The number of aromatic nitrogens is 2. The van der Waals surface area contributed by atoms with Crippen molar-refractivity contribution in [3.63, 3.8) is 0 Å². The first-order valence-electron chi connectivity index (χ1n) is 6.32. The molecule has 4 nitrogen and oxygen atoms in total. The van der Waals surface area contributed by atoms with Gasteiger partial charge in [-0.3, -0.25) is 4.68 Å². The molecule has 1 aromatic heterocycles. The standard InChI is InChI=1S/C13H20N4/c1-10-5-4-7-17(8-6-10)13-12(9-14)11(2)15-16(13)3/h10H,4-8H2,1-3H3. The Labute approximate surface area is 103 Å². The largest absolute Gasteiger partial charge is 0.356 e. The van der Waals surface area contributed by atoms with Crippen LogP contribution in [0.15, 0.2) is 0 Å². The topological polar surface area (TPSA) is 44.9 Å². The maximum absolute atomic E-state index is 9.24. The van der Waals surface area contributed by atoms with Crippen molar-refractivity contribution in [2.45, 2.75) is 33.1 Å². The average Bonchev–Trinajstić information content (AvgIpc) is 2.46. The molecule has 0 N–H and O–H groups in total. The second-order valence-corrected chi connectivity index (χ2v) is 5.04. The third-order valence-electron chi connectivity index (χ3n) is 3.62. The van der Waals surface area contributed by atoms with Crippen molar-refractivity contribution >= 4 is 5.82 Å². The first-order chi connectivity index (χ1) is 8.13. The Morgan fingerprint density at radius 1 is 1.35 bits per heavy atom. The van der Waals surface area contributed by atoms with Gasteiger partial charge in [-0.2, -0.15) is 10.4 Å². The van der Waals surface area contributed by atoms with E-state index in [1.165, 1.54) is 19.3 Å². The van der Waals surface area contributed by atoms with Gasteiger partial charge in [0.15, 0.2) is 0 Å². The maximum Gasteiger partial charge on any atom is 0.144 e. The molecule has 17 heavy (non-hydrogen) atoms. The lowest BCUT2D eigenvalue weighted by Gasteiger charge is -2.22. The van der Waals surface area contributed by atoms with E-state index in [1.807, 2.05) is 18.7 Å². The third-order valence-corrected chi connectivity index (χ3v) is 3.62. The van der Waals surface area contributed by atoms with Crippen LogP contribution in [0.2, 0.25) is 0 Å². The molecular formula is C13H20N4. The van der Waals surface area contributed by atoms with Gasteiger partial charge in [0.05, 0.1) is 5.69 Å². The molecule has 1 unspecified atom stereocenters. The Morgan fingerprint density at radius 3 is 2.82 bits per heavy atom. The minimum atomic E-state index is 0.738. The van der Waals surface area contributed by atoms with Crippen molar-refractivity contribution in [1.82, 2.24) is 9.78 Å². The molecule has 0 radical (unpaired) electrons. The van der Waals surface area contributed by atoms with E-state index in [-0.39, 0.29) is 0 Å². The number of aryl methyl sites for hydroxylation is 2. The van der Waals surface area contributed by atoms with Crippen LogP contribution >= 0.6 is 0 Å². The predicted molar refractivity (Wildman–Crippen MR) is 67.9 cm³/mol. The molecule has 0 aromatic carbocycles. The molecule has 0 saturated carbocycles. The van der Waals surface area contributed by atoms with Gasteiger partial charge < -0.3 is 4.90 Å². The summed E-state index contributed by atoms with van der Waals surface area (Å²) in [6.45, 7) is 6.29. The second kappa shape index (κ2) is 4.79. The van der Waals surface area contributed by atoms with Crippen molar-refractivity contribution in [2.24, 2.45) is 13.0 Å². The Hall–Kier alpha value is -1.50. The summed E-state index contributed by atoms with van der Waals surface area (Å²) in [7, 11) is 1.93. The number of hydrogen-bond acceptors (Lipinski definition) is 3. The van der Waals surface area contributed by atoms with Gasteiger partial charge in [-0.15, -0.1) is 0 Å². The summed E-state index contributed by atoms with van der Waals surface area (Å²) in [5.74, 6) is 1.79. The van der Waals surface area contributed by atoms with E-state index in [0.29, 0.717) is 0 Å². The van der Waals surface area contributed by atoms with Crippen LogP contribution in [-0.4, -0.2) is 22.9 Å². The molecule has 2 heterocycles. The van der Waals surface area contributed by atoms with Gasteiger partial charge in [0, 0.05) is 20.1 Å². The van der Waals surface area contributed by atoms with Crippen molar-refractivity contribution in [3.8, 4) is 6.07 Å². The number of nitrogens with zero attached hydrogens (tertiary/aromatic N) is 4. The molecular weight excluding hydrogens is 212 g/mol. The van der Waals surface area contributed by atoms with Gasteiger partial charge in [-0.1, -0.05) is 6.92 Å². The van der Waals surface area contributed by atoms with E-state index in [4.69, 9.17) is 0 Å². The van der Waals surface area contributed by atoms with Crippen LogP contribution in [0, 0.1) is 24.2 Å². The van der Waals surface area contributed by atoms with Crippen molar-refractivity contribution in [1.29, 1.82) is 5.26 Å². The minimum Gasteiger partial charge on any atom is -0.356 e. The van der Waals surface area contributed by atoms with E-state index in [9.17, 15) is 5.26 Å². The fraction of sp³-hybridized carbons (Fsp3) is 0.692. The molecule has 1 aliphatic rings. The van der Waals surface area contributed by atoms with Gasteiger partial charge in [-0.05, 0) is 32.1 Å². The summed E-state index contributed by atoms with van der Waals surface area (Å²) in [4.78, 5) is 2.32. The SMILES string of the molecule is Cc1nn(C)c(N2CCCC(C)CC2)c1C#N. The molecule has 1 aromatic rings. The van der Waals surface area contributed by atoms with E-state index in [1.54, 1.807) is 0 Å². The monoisotopic (exact) mass is 232 g/mol. The molecule has 0 bridgehead atoms. The third kappa shape index (κ3) is 2.28. The first kappa shape index (κ1) is 12.0. The quantitative estimate of drug-likeness (QED) is 0.746. The van der Waals surface area contributed by atoms with Crippen molar-refractivity contribution < 1.29 is 0 Å². The lowest BCUT2D eigenvalue weighted by Crippen LogP contribution is -2.27. The maximum atomic E-state index is 9.24. The van der Waals surface area contributed by atoms with Crippen LogP contribution in [0.3, 0.4) is 0 Å². The van der Waals surface area contributed by atoms with E-state index >= 15 is 0 Å². The predicted octanol–water partition coefficient (Wildman–Crippen LogP) is 2.23.